The first-order valence-electron chi connectivity index (χ1n) is 12.6. The van der Waals surface area contributed by atoms with Crippen molar-refractivity contribution in [3.05, 3.63) is 36.0 Å². The van der Waals surface area contributed by atoms with Crippen LogP contribution in [0, 0.1) is 17.8 Å². The maximum Gasteiger partial charge on any atom is 0.303 e. The molecule has 1 saturated carbocycles. The van der Waals surface area contributed by atoms with E-state index in [1.54, 1.807) is 13.3 Å². The van der Waals surface area contributed by atoms with Crippen LogP contribution in [0.3, 0.4) is 0 Å². The summed E-state index contributed by atoms with van der Waals surface area (Å²) >= 11 is 0. The number of pyridine rings is 1. The van der Waals surface area contributed by atoms with Crippen molar-refractivity contribution in [3.63, 3.8) is 0 Å². The Hall–Kier alpha value is -2.18. The number of carbonyl (C=O) groups is 1. The number of carboxylic acids is 1. The fourth-order valence-electron chi connectivity index (χ4n) is 5.99. The number of fused-ring (bicyclic) bond motifs is 1. The zero-order valence-corrected chi connectivity index (χ0v) is 19.8. The van der Waals surface area contributed by atoms with Crippen molar-refractivity contribution in [2.45, 2.75) is 63.9 Å². The quantitative estimate of drug-likeness (QED) is 0.523. The molecule has 1 aliphatic carbocycles. The van der Waals surface area contributed by atoms with Crippen molar-refractivity contribution in [1.82, 2.24) is 9.88 Å². The van der Waals surface area contributed by atoms with Crippen molar-refractivity contribution in [3.8, 4) is 5.75 Å². The largest absolute Gasteiger partial charge is 0.497 e. The Labute approximate surface area is 197 Å². The molecular formula is C27H38N2O4. The molecule has 4 rings (SSSR count). The Morgan fingerprint density at radius 1 is 1.18 bits per heavy atom. The van der Waals surface area contributed by atoms with Crippen LogP contribution >= 0.6 is 0 Å². The van der Waals surface area contributed by atoms with Gasteiger partial charge in [0.25, 0.3) is 0 Å². The van der Waals surface area contributed by atoms with Crippen molar-refractivity contribution in [2.75, 3.05) is 26.7 Å². The maximum atomic E-state index is 11.3. The number of ether oxygens (including phenoxy) is 1. The number of methoxy groups -OCH3 is 1. The standard InChI is InChI=1S/C27H38N2O4/c1-33-22-8-9-25-24(16-22)23(12-14-28-25)26(30)10-6-20-13-15-29(17-19-4-2-3-5-19)18-21(20)7-11-27(31)32/h8-9,12,14,16,19-21,26,30H,2-7,10-11,13,15,17-18H2,1H3,(H,31,32)/t20-,21-,26-/m1/s1. The van der Waals surface area contributed by atoms with E-state index in [0.717, 1.165) is 60.5 Å². The zero-order chi connectivity index (χ0) is 23.2. The lowest BCUT2D eigenvalue weighted by molar-refractivity contribution is -0.137. The summed E-state index contributed by atoms with van der Waals surface area (Å²) in [6, 6.07) is 7.65. The Morgan fingerprint density at radius 3 is 2.76 bits per heavy atom. The lowest BCUT2D eigenvalue weighted by Crippen LogP contribution is -2.42. The average Bonchev–Trinajstić information content (AvgIpc) is 3.34. The molecule has 3 atom stereocenters. The number of nitrogens with zero attached hydrogens (tertiary/aromatic N) is 2. The summed E-state index contributed by atoms with van der Waals surface area (Å²) in [7, 11) is 1.64. The van der Waals surface area contributed by atoms with Crippen LogP contribution in [0.2, 0.25) is 0 Å². The molecule has 0 radical (unpaired) electrons. The molecule has 0 spiro atoms. The lowest BCUT2D eigenvalue weighted by atomic mass is 9.78. The van der Waals surface area contributed by atoms with E-state index in [4.69, 9.17) is 4.74 Å². The second-order valence-electron chi connectivity index (χ2n) is 10.0. The number of rotatable bonds is 10. The van der Waals surface area contributed by atoms with Gasteiger partial charge in [0.1, 0.15) is 5.75 Å². The normalized spacial score (nSPS) is 23.1. The van der Waals surface area contributed by atoms with Crippen LogP contribution in [0.1, 0.15) is 69.5 Å². The van der Waals surface area contributed by atoms with Crippen molar-refractivity contribution in [1.29, 1.82) is 0 Å². The summed E-state index contributed by atoms with van der Waals surface area (Å²) in [5, 5.41) is 21.3. The highest BCUT2D eigenvalue weighted by atomic mass is 16.5. The van der Waals surface area contributed by atoms with Crippen LogP contribution < -0.4 is 4.74 Å². The van der Waals surface area contributed by atoms with Crippen molar-refractivity contribution in [2.24, 2.45) is 17.8 Å². The molecular weight excluding hydrogens is 416 g/mol. The summed E-state index contributed by atoms with van der Waals surface area (Å²) in [6.45, 7) is 3.26. The van der Waals surface area contributed by atoms with E-state index in [-0.39, 0.29) is 6.42 Å². The number of hydrogen-bond donors (Lipinski definition) is 2. The fraction of sp³-hybridized carbons (Fsp3) is 0.630. The number of hydrogen-bond acceptors (Lipinski definition) is 5. The van der Waals surface area contributed by atoms with E-state index < -0.39 is 12.1 Å². The molecule has 6 nitrogen and oxygen atoms in total. The minimum Gasteiger partial charge on any atom is -0.497 e. The van der Waals surface area contributed by atoms with Gasteiger partial charge in [-0.1, -0.05) is 12.8 Å². The zero-order valence-electron chi connectivity index (χ0n) is 19.8. The Morgan fingerprint density at radius 2 is 2.00 bits per heavy atom. The molecule has 0 unspecified atom stereocenters. The third-order valence-corrected chi connectivity index (χ3v) is 7.85. The lowest BCUT2D eigenvalue weighted by Gasteiger charge is -2.40. The molecule has 2 N–H and O–H groups in total. The van der Waals surface area contributed by atoms with Crippen LogP contribution in [-0.2, 0) is 4.79 Å². The number of benzene rings is 1. The first-order chi connectivity index (χ1) is 16.0. The summed E-state index contributed by atoms with van der Waals surface area (Å²) in [4.78, 5) is 18.3. The SMILES string of the molecule is COc1ccc2nccc([C@H](O)CC[C@@H]3CCN(CC4CCCC4)C[C@H]3CCC(=O)O)c2c1. The molecule has 0 bridgehead atoms. The number of carboxylic acid groups (broad SMARTS) is 1. The second kappa shape index (κ2) is 11.3. The fourth-order valence-corrected chi connectivity index (χ4v) is 5.99. The first kappa shape index (κ1) is 24.0. The summed E-state index contributed by atoms with van der Waals surface area (Å²) < 4.78 is 5.37. The molecule has 2 heterocycles. The van der Waals surface area contributed by atoms with Crippen molar-refractivity contribution < 1.29 is 19.7 Å². The van der Waals surface area contributed by atoms with Crippen LogP contribution in [-0.4, -0.2) is 52.8 Å². The van der Waals surface area contributed by atoms with Gasteiger partial charge in [-0.15, -0.1) is 0 Å². The van der Waals surface area contributed by atoms with Gasteiger partial charge in [0.05, 0.1) is 18.7 Å². The predicted octanol–water partition coefficient (Wildman–Crippen LogP) is 5.05. The minimum atomic E-state index is -0.709. The molecule has 2 aromatic rings. The van der Waals surface area contributed by atoms with E-state index in [1.165, 1.54) is 32.2 Å². The topological polar surface area (TPSA) is 82.9 Å². The predicted molar refractivity (Wildman–Crippen MR) is 129 cm³/mol. The Balaban J connectivity index is 1.40. The van der Waals surface area contributed by atoms with E-state index in [1.807, 2.05) is 24.3 Å². The van der Waals surface area contributed by atoms with Crippen molar-refractivity contribution >= 4 is 16.9 Å². The van der Waals surface area contributed by atoms with Crippen LogP contribution in [0.5, 0.6) is 5.75 Å². The molecule has 1 aliphatic heterocycles. The van der Waals surface area contributed by atoms with E-state index in [2.05, 4.69) is 9.88 Å². The van der Waals surface area contributed by atoms with Crippen LogP contribution in [0.4, 0.5) is 0 Å². The van der Waals surface area contributed by atoms with Crippen LogP contribution in [0.15, 0.2) is 30.5 Å². The van der Waals surface area contributed by atoms with Gasteiger partial charge in [0.15, 0.2) is 0 Å². The Kier molecular flexibility index (Phi) is 8.20. The highest BCUT2D eigenvalue weighted by molar-refractivity contribution is 5.83. The number of likely N-dealkylation sites (tertiary alicyclic amines) is 1. The summed E-state index contributed by atoms with van der Waals surface area (Å²) in [5.41, 5.74) is 1.74. The van der Waals surface area contributed by atoms with Gasteiger partial charge in [-0.3, -0.25) is 9.78 Å². The number of aliphatic carboxylic acids is 1. The van der Waals surface area contributed by atoms with Gasteiger partial charge in [0.2, 0.25) is 0 Å². The van der Waals surface area contributed by atoms with E-state index in [9.17, 15) is 15.0 Å². The van der Waals surface area contributed by atoms with Crippen LogP contribution in [0.25, 0.3) is 10.9 Å². The summed E-state index contributed by atoms with van der Waals surface area (Å²) in [5.74, 6) is 1.71. The average molecular weight is 455 g/mol. The molecule has 0 amide bonds. The highest BCUT2D eigenvalue weighted by Crippen LogP contribution is 2.36. The molecule has 180 valence electrons. The minimum absolute atomic E-state index is 0.232. The summed E-state index contributed by atoms with van der Waals surface area (Å²) in [6.07, 6.45) is 10.2. The number of aliphatic hydroxyl groups is 1. The van der Waals surface area contributed by atoms with Gasteiger partial charge in [-0.2, -0.15) is 0 Å². The number of aromatic nitrogens is 1. The van der Waals surface area contributed by atoms with Gasteiger partial charge in [0, 0.05) is 31.1 Å². The van der Waals surface area contributed by atoms with E-state index >= 15 is 0 Å². The van der Waals surface area contributed by atoms with E-state index in [0.29, 0.717) is 18.3 Å². The molecule has 2 fully saturated rings. The van der Waals surface area contributed by atoms with Gasteiger partial charge < -0.3 is 19.8 Å². The van der Waals surface area contributed by atoms with Gasteiger partial charge in [-0.05, 0) is 92.7 Å². The third-order valence-electron chi connectivity index (χ3n) is 7.85. The number of aliphatic hydroxyl groups excluding tert-OH is 1. The third kappa shape index (κ3) is 6.24. The molecule has 33 heavy (non-hydrogen) atoms. The smallest absolute Gasteiger partial charge is 0.303 e. The molecule has 6 heteroatoms. The maximum absolute atomic E-state index is 11.3. The van der Waals surface area contributed by atoms with Gasteiger partial charge in [-0.25, -0.2) is 0 Å². The molecule has 1 saturated heterocycles. The first-order valence-corrected chi connectivity index (χ1v) is 12.6. The Bertz CT molecular complexity index is 927. The monoisotopic (exact) mass is 454 g/mol. The van der Waals surface area contributed by atoms with Gasteiger partial charge >= 0.3 is 5.97 Å². The number of piperidine rings is 1. The highest BCUT2D eigenvalue weighted by Gasteiger charge is 2.31. The second-order valence-corrected chi connectivity index (χ2v) is 10.0. The molecule has 1 aromatic heterocycles. The molecule has 2 aliphatic rings. The molecule has 1 aromatic carbocycles.